The largest absolute Gasteiger partial charge is 0.376 e. The molecule has 2 aliphatic rings. The van der Waals surface area contributed by atoms with Crippen LogP contribution in [0.1, 0.15) is 35.6 Å². The molecule has 30 heavy (non-hydrogen) atoms. The summed E-state index contributed by atoms with van der Waals surface area (Å²) in [6.45, 7) is 6.53. The van der Waals surface area contributed by atoms with Crippen molar-refractivity contribution >= 4 is 22.6 Å². The highest BCUT2D eigenvalue weighted by atomic mass is 15.0. The minimum atomic E-state index is -0.0564. The van der Waals surface area contributed by atoms with Gasteiger partial charge >= 0.3 is 0 Å². The Labute approximate surface area is 179 Å². The van der Waals surface area contributed by atoms with E-state index in [1.54, 1.807) is 0 Å². The summed E-state index contributed by atoms with van der Waals surface area (Å²) in [6.07, 6.45) is 6.71. The lowest BCUT2D eigenvalue weighted by Crippen LogP contribution is -2.34. The molecule has 150 valence electrons. The molecular formula is C28H28N2. The average Bonchev–Trinajstić information content (AvgIpc) is 3.07. The van der Waals surface area contributed by atoms with Crippen LogP contribution < -0.4 is 10.6 Å². The lowest BCUT2D eigenvalue weighted by Gasteiger charge is -2.32. The van der Waals surface area contributed by atoms with Crippen molar-refractivity contribution in [3.05, 3.63) is 107 Å². The third-order valence-corrected chi connectivity index (χ3v) is 6.20. The van der Waals surface area contributed by atoms with Crippen LogP contribution in [0.25, 0.3) is 5.57 Å². The number of allylic oxidation sites excluding steroid dienone is 2. The van der Waals surface area contributed by atoms with Gasteiger partial charge in [-0.1, -0.05) is 59.2 Å². The van der Waals surface area contributed by atoms with Crippen LogP contribution in [0.4, 0.5) is 17.1 Å². The Hall–Kier alpha value is -3.26. The molecule has 0 saturated carbocycles. The first-order valence-corrected chi connectivity index (χ1v) is 10.7. The molecule has 0 radical (unpaired) electrons. The molecule has 0 amide bonds. The molecule has 0 spiro atoms. The van der Waals surface area contributed by atoms with E-state index in [1.807, 2.05) is 0 Å². The predicted molar refractivity (Wildman–Crippen MR) is 128 cm³/mol. The van der Waals surface area contributed by atoms with Gasteiger partial charge < -0.3 is 10.6 Å². The molecule has 2 N–H and O–H groups in total. The standard InChI is InChI=1S/C28H28N2/c1-19-4-8-23(9-5-19)29-25-12-13-26-21(17-25)16-22-18-28(3,15-14-27(22)26)30-24-10-6-20(2)7-11-24/h4-15,17,29-30H,16,18H2,1-3H3. The van der Waals surface area contributed by atoms with E-state index in [-0.39, 0.29) is 5.54 Å². The molecule has 0 aliphatic heterocycles. The number of hydrogen-bond acceptors (Lipinski definition) is 2. The Morgan fingerprint density at radius 1 is 0.767 bits per heavy atom. The van der Waals surface area contributed by atoms with Crippen LogP contribution in [0.3, 0.4) is 0 Å². The second-order valence-electron chi connectivity index (χ2n) is 8.98. The third kappa shape index (κ3) is 3.66. The zero-order valence-electron chi connectivity index (χ0n) is 17.9. The van der Waals surface area contributed by atoms with E-state index in [9.17, 15) is 0 Å². The van der Waals surface area contributed by atoms with Gasteiger partial charge in [0.15, 0.2) is 0 Å². The van der Waals surface area contributed by atoms with Gasteiger partial charge in [0.05, 0.1) is 5.54 Å². The Balaban J connectivity index is 1.33. The number of benzene rings is 3. The van der Waals surface area contributed by atoms with Crippen molar-refractivity contribution < 1.29 is 0 Å². The quantitative estimate of drug-likeness (QED) is 0.491. The minimum Gasteiger partial charge on any atom is -0.376 e. The van der Waals surface area contributed by atoms with Crippen LogP contribution in [-0.4, -0.2) is 5.54 Å². The first kappa shape index (κ1) is 18.7. The van der Waals surface area contributed by atoms with Crippen LogP contribution >= 0.6 is 0 Å². The maximum Gasteiger partial charge on any atom is 0.0568 e. The lowest BCUT2D eigenvalue weighted by atomic mass is 9.84. The van der Waals surface area contributed by atoms with E-state index in [0.717, 1.165) is 24.2 Å². The molecule has 0 saturated heterocycles. The predicted octanol–water partition coefficient (Wildman–Crippen LogP) is 7.19. The van der Waals surface area contributed by atoms with Gasteiger partial charge in [-0.2, -0.15) is 0 Å². The number of hydrogen-bond donors (Lipinski definition) is 2. The fourth-order valence-corrected chi connectivity index (χ4v) is 4.59. The normalized spacial score (nSPS) is 19.4. The van der Waals surface area contributed by atoms with Gasteiger partial charge in [0, 0.05) is 17.1 Å². The molecule has 3 aromatic rings. The average molecular weight is 393 g/mol. The van der Waals surface area contributed by atoms with Crippen molar-refractivity contribution in [3.8, 4) is 0 Å². The van der Waals surface area contributed by atoms with Gasteiger partial charge in [0.25, 0.3) is 0 Å². The number of nitrogens with one attached hydrogen (secondary N) is 2. The highest BCUT2D eigenvalue weighted by molar-refractivity contribution is 5.86. The third-order valence-electron chi connectivity index (χ3n) is 6.20. The fourth-order valence-electron chi connectivity index (χ4n) is 4.59. The van der Waals surface area contributed by atoms with E-state index in [0.29, 0.717) is 0 Å². The van der Waals surface area contributed by atoms with Crippen LogP contribution in [0.5, 0.6) is 0 Å². The van der Waals surface area contributed by atoms with Crippen molar-refractivity contribution in [2.75, 3.05) is 10.6 Å². The summed E-state index contributed by atoms with van der Waals surface area (Å²) in [5.74, 6) is 0. The SMILES string of the molecule is Cc1ccc(Nc2ccc3c(c2)CC2=C3C=CC(C)(Nc3ccc(C)cc3)C2)cc1. The zero-order chi connectivity index (χ0) is 20.7. The van der Waals surface area contributed by atoms with Gasteiger partial charge in [-0.3, -0.25) is 0 Å². The zero-order valence-corrected chi connectivity index (χ0v) is 17.9. The molecule has 2 nitrogen and oxygen atoms in total. The Morgan fingerprint density at radius 3 is 2.10 bits per heavy atom. The van der Waals surface area contributed by atoms with Crippen LogP contribution in [0.2, 0.25) is 0 Å². The molecule has 0 bridgehead atoms. The van der Waals surface area contributed by atoms with Crippen molar-refractivity contribution in [2.24, 2.45) is 0 Å². The van der Waals surface area contributed by atoms with Crippen LogP contribution in [-0.2, 0) is 6.42 Å². The van der Waals surface area contributed by atoms with Gasteiger partial charge in [-0.25, -0.2) is 0 Å². The Kier molecular flexibility index (Phi) is 4.51. The van der Waals surface area contributed by atoms with Crippen molar-refractivity contribution in [1.82, 2.24) is 0 Å². The summed E-state index contributed by atoms with van der Waals surface area (Å²) in [4.78, 5) is 0. The van der Waals surface area contributed by atoms with Gasteiger partial charge in [-0.05, 0) is 86.7 Å². The Bertz CT molecular complexity index is 1150. The maximum atomic E-state index is 3.74. The second kappa shape index (κ2) is 7.21. The minimum absolute atomic E-state index is 0.0564. The molecule has 0 fully saturated rings. The summed E-state index contributed by atoms with van der Waals surface area (Å²) < 4.78 is 0. The fraction of sp³-hybridized carbons (Fsp3) is 0.214. The van der Waals surface area contributed by atoms with Crippen LogP contribution in [0, 0.1) is 13.8 Å². The van der Waals surface area contributed by atoms with Crippen molar-refractivity contribution in [1.29, 1.82) is 0 Å². The molecule has 1 unspecified atom stereocenters. The number of rotatable bonds is 4. The van der Waals surface area contributed by atoms with Crippen LogP contribution in [0.15, 0.2) is 84.5 Å². The molecular weight excluding hydrogens is 364 g/mol. The first-order valence-electron chi connectivity index (χ1n) is 10.7. The number of aryl methyl sites for hydroxylation is 2. The van der Waals surface area contributed by atoms with Gasteiger partial charge in [0.1, 0.15) is 0 Å². The van der Waals surface area contributed by atoms with Gasteiger partial charge in [0.2, 0.25) is 0 Å². The van der Waals surface area contributed by atoms with Crippen molar-refractivity contribution in [3.63, 3.8) is 0 Å². The van der Waals surface area contributed by atoms with E-state index in [4.69, 9.17) is 0 Å². The van der Waals surface area contributed by atoms with E-state index >= 15 is 0 Å². The number of fused-ring (bicyclic) bond motifs is 2. The number of anilines is 3. The Morgan fingerprint density at radius 2 is 1.40 bits per heavy atom. The molecule has 2 aliphatic carbocycles. The molecule has 0 aromatic heterocycles. The first-order chi connectivity index (χ1) is 14.5. The van der Waals surface area contributed by atoms with E-state index in [2.05, 4.69) is 110 Å². The summed E-state index contributed by atoms with van der Waals surface area (Å²) >= 11 is 0. The van der Waals surface area contributed by atoms with Gasteiger partial charge in [-0.15, -0.1) is 0 Å². The summed E-state index contributed by atoms with van der Waals surface area (Å²) in [5, 5.41) is 7.29. The summed E-state index contributed by atoms with van der Waals surface area (Å²) in [5.41, 5.74) is 11.7. The van der Waals surface area contributed by atoms with E-state index in [1.165, 1.54) is 39.1 Å². The topological polar surface area (TPSA) is 24.1 Å². The van der Waals surface area contributed by atoms with E-state index < -0.39 is 0 Å². The summed E-state index contributed by atoms with van der Waals surface area (Å²) in [7, 11) is 0. The highest BCUT2D eigenvalue weighted by Gasteiger charge is 2.31. The molecule has 1 atom stereocenters. The smallest absolute Gasteiger partial charge is 0.0568 e. The molecule has 3 aromatic carbocycles. The monoisotopic (exact) mass is 392 g/mol. The molecule has 2 heteroatoms. The maximum absolute atomic E-state index is 3.74. The highest BCUT2D eigenvalue weighted by Crippen LogP contribution is 2.43. The molecule has 5 rings (SSSR count). The summed E-state index contributed by atoms with van der Waals surface area (Å²) in [6, 6.07) is 24.0. The lowest BCUT2D eigenvalue weighted by molar-refractivity contribution is 0.617. The second-order valence-corrected chi connectivity index (χ2v) is 8.98. The van der Waals surface area contributed by atoms with Crippen molar-refractivity contribution in [2.45, 2.75) is 39.2 Å². The molecule has 0 heterocycles.